The van der Waals surface area contributed by atoms with E-state index in [1.54, 1.807) is 4.90 Å². The second-order valence-electron chi connectivity index (χ2n) is 7.23. The van der Waals surface area contributed by atoms with Crippen molar-refractivity contribution in [3.05, 3.63) is 59.7 Å². The number of hydrogen-bond acceptors (Lipinski definition) is 3. The van der Waals surface area contributed by atoms with Gasteiger partial charge in [-0.1, -0.05) is 54.1 Å². The maximum atomic E-state index is 12.5. The summed E-state index contributed by atoms with van der Waals surface area (Å²) in [5.41, 5.74) is 4.57. The number of rotatable bonds is 4. The summed E-state index contributed by atoms with van der Waals surface area (Å²) in [5.74, 6) is 0. The van der Waals surface area contributed by atoms with E-state index in [0.29, 0.717) is 39.1 Å². The highest BCUT2D eigenvalue weighted by molar-refractivity contribution is 7.88. The molecule has 1 aliphatic heterocycles. The van der Waals surface area contributed by atoms with Crippen LogP contribution in [-0.2, 0) is 16.6 Å². The van der Waals surface area contributed by atoms with Gasteiger partial charge in [-0.05, 0) is 30.0 Å². The van der Waals surface area contributed by atoms with Crippen LogP contribution in [0.3, 0.4) is 0 Å². The molecule has 1 aliphatic rings. The molecule has 1 N–H and O–H groups in total. The quantitative estimate of drug-likeness (QED) is 0.856. The van der Waals surface area contributed by atoms with Crippen LogP contribution in [0.1, 0.15) is 17.5 Å². The second kappa shape index (κ2) is 8.75. The zero-order valence-electron chi connectivity index (χ0n) is 16.4. The van der Waals surface area contributed by atoms with Crippen LogP contribution in [0.15, 0.2) is 48.5 Å². The van der Waals surface area contributed by atoms with Gasteiger partial charge >= 0.3 is 6.03 Å². The summed E-state index contributed by atoms with van der Waals surface area (Å²) in [5, 5.41) is 2.94. The van der Waals surface area contributed by atoms with Gasteiger partial charge in [0.1, 0.15) is 0 Å². The summed E-state index contributed by atoms with van der Waals surface area (Å²) in [7, 11) is -3.21. The average molecular weight is 402 g/mol. The predicted octanol–water partition coefficient (Wildman–Crippen LogP) is 2.84. The van der Waals surface area contributed by atoms with Gasteiger partial charge in [-0.2, -0.15) is 0 Å². The number of amides is 2. The third kappa shape index (κ3) is 5.33. The molecule has 28 heavy (non-hydrogen) atoms. The number of sulfonamides is 1. The Hall–Kier alpha value is -2.38. The zero-order chi connectivity index (χ0) is 20.1. The van der Waals surface area contributed by atoms with E-state index in [1.165, 1.54) is 21.7 Å². The molecule has 3 rings (SSSR count). The minimum atomic E-state index is -3.21. The van der Waals surface area contributed by atoms with Crippen molar-refractivity contribution >= 4 is 16.1 Å². The van der Waals surface area contributed by atoms with E-state index in [4.69, 9.17) is 0 Å². The minimum Gasteiger partial charge on any atom is -0.334 e. The van der Waals surface area contributed by atoms with E-state index in [0.717, 1.165) is 11.1 Å². The fourth-order valence-electron chi connectivity index (χ4n) is 3.36. The molecule has 1 saturated heterocycles. The Bertz CT molecular complexity index is 926. The first-order valence-corrected chi connectivity index (χ1v) is 11.3. The fraction of sp³-hybridized carbons (Fsp3) is 0.381. The molecule has 1 heterocycles. The Kier molecular flexibility index (Phi) is 6.36. The average Bonchev–Trinajstić information content (AvgIpc) is 2.93. The number of aryl methyl sites for hydroxylation is 1. The molecule has 2 aromatic rings. The number of nitrogens with zero attached hydrogens (tertiary/aromatic N) is 2. The summed E-state index contributed by atoms with van der Waals surface area (Å²) in [4.78, 5) is 14.1. The molecule has 2 amide bonds. The van der Waals surface area contributed by atoms with E-state index in [-0.39, 0.29) is 6.03 Å². The lowest BCUT2D eigenvalue weighted by Crippen LogP contribution is -2.42. The van der Waals surface area contributed by atoms with E-state index >= 15 is 0 Å². The van der Waals surface area contributed by atoms with Crippen LogP contribution in [0.25, 0.3) is 11.1 Å². The minimum absolute atomic E-state index is 0.155. The molecular formula is C21H27N3O3S. The first-order chi connectivity index (χ1) is 13.3. The molecule has 0 bridgehead atoms. The van der Waals surface area contributed by atoms with Gasteiger partial charge in [0.25, 0.3) is 0 Å². The Morgan fingerprint density at radius 3 is 2.43 bits per heavy atom. The van der Waals surface area contributed by atoms with Crippen molar-refractivity contribution in [2.45, 2.75) is 19.9 Å². The Labute approximate surface area is 167 Å². The molecule has 0 aliphatic carbocycles. The predicted molar refractivity (Wildman–Crippen MR) is 111 cm³/mol. The second-order valence-corrected chi connectivity index (χ2v) is 9.21. The third-order valence-electron chi connectivity index (χ3n) is 4.96. The van der Waals surface area contributed by atoms with Gasteiger partial charge in [-0.3, -0.25) is 0 Å². The van der Waals surface area contributed by atoms with Crippen LogP contribution >= 0.6 is 0 Å². The van der Waals surface area contributed by atoms with Gasteiger partial charge in [0, 0.05) is 32.7 Å². The van der Waals surface area contributed by atoms with Crippen molar-refractivity contribution in [3.63, 3.8) is 0 Å². The first-order valence-electron chi connectivity index (χ1n) is 9.47. The Balaban J connectivity index is 1.54. The SMILES string of the molecule is Cc1cccc(-c2ccc(CNC(=O)N3CCCN(S(C)(=O)=O)CC3)cc2)c1. The largest absolute Gasteiger partial charge is 0.334 e. The fourth-order valence-corrected chi connectivity index (χ4v) is 4.23. The molecule has 0 spiro atoms. The zero-order valence-corrected chi connectivity index (χ0v) is 17.2. The maximum Gasteiger partial charge on any atom is 0.317 e. The molecule has 150 valence electrons. The van der Waals surface area contributed by atoms with Crippen molar-refractivity contribution in [3.8, 4) is 11.1 Å². The molecule has 7 heteroatoms. The molecule has 0 saturated carbocycles. The highest BCUT2D eigenvalue weighted by Gasteiger charge is 2.23. The number of nitrogens with one attached hydrogen (secondary N) is 1. The van der Waals surface area contributed by atoms with E-state index < -0.39 is 10.0 Å². The summed E-state index contributed by atoms with van der Waals surface area (Å²) in [6.07, 6.45) is 1.86. The monoisotopic (exact) mass is 401 g/mol. The molecule has 0 radical (unpaired) electrons. The summed E-state index contributed by atoms with van der Waals surface area (Å²) < 4.78 is 24.8. The number of benzene rings is 2. The van der Waals surface area contributed by atoms with Crippen LogP contribution in [0.2, 0.25) is 0 Å². The highest BCUT2D eigenvalue weighted by Crippen LogP contribution is 2.20. The van der Waals surface area contributed by atoms with Gasteiger partial charge in [-0.25, -0.2) is 17.5 Å². The number of carbonyl (C=O) groups is 1. The lowest BCUT2D eigenvalue weighted by molar-refractivity contribution is 0.200. The van der Waals surface area contributed by atoms with Gasteiger partial charge in [0.2, 0.25) is 10.0 Å². The summed E-state index contributed by atoms with van der Waals surface area (Å²) in [6, 6.07) is 16.4. The number of carbonyl (C=O) groups excluding carboxylic acids is 1. The van der Waals surface area contributed by atoms with Crippen molar-refractivity contribution in [1.29, 1.82) is 0 Å². The molecule has 0 aromatic heterocycles. The van der Waals surface area contributed by atoms with E-state index in [1.807, 2.05) is 18.2 Å². The van der Waals surface area contributed by atoms with Crippen LogP contribution < -0.4 is 5.32 Å². The Morgan fingerprint density at radius 2 is 1.75 bits per heavy atom. The van der Waals surface area contributed by atoms with Gasteiger partial charge < -0.3 is 10.2 Å². The number of urea groups is 1. The van der Waals surface area contributed by atoms with E-state index in [2.05, 4.69) is 42.6 Å². The van der Waals surface area contributed by atoms with Crippen molar-refractivity contribution in [2.75, 3.05) is 32.4 Å². The smallest absolute Gasteiger partial charge is 0.317 e. The topological polar surface area (TPSA) is 69.7 Å². The van der Waals surface area contributed by atoms with Crippen molar-refractivity contribution in [1.82, 2.24) is 14.5 Å². The van der Waals surface area contributed by atoms with Crippen LogP contribution in [0, 0.1) is 6.92 Å². The third-order valence-corrected chi connectivity index (χ3v) is 6.26. The molecule has 0 atom stereocenters. The van der Waals surface area contributed by atoms with Crippen molar-refractivity contribution in [2.24, 2.45) is 0 Å². The summed E-state index contributed by atoms with van der Waals surface area (Å²) in [6.45, 7) is 4.29. The Morgan fingerprint density at radius 1 is 1.00 bits per heavy atom. The van der Waals surface area contributed by atoms with Crippen LogP contribution in [0.5, 0.6) is 0 Å². The lowest BCUT2D eigenvalue weighted by Gasteiger charge is -2.21. The molecule has 6 nitrogen and oxygen atoms in total. The van der Waals surface area contributed by atoms with E-state index in [9.17, 15) is 13.2 Å². The first kappa shape index (κ1) is 20.4. The van der Waals surface area contributed by atoms with Crippen molar-refractivity contribution < 1.29 is 13.2 Å². The van der Waals surface area contributed by atoms with Gasteiger partial charge in [0.15, 0.2) is 0 Å². The molecule has 1 fully saturated rings. The molecular weight excluding hydrogens is 374 g/mol. The lowest BCUT2D eigenvalue weighted by atomic mass is 10.0. The molecule has 0 unspecified atom stereocenters. The molecule has 2 aromatic carbocycles. The normalized spacial score (nSPS) is 15.9. The summed E-state index contributed by atoms with van der Waals surface area (Å²) >= 11 is 0. The maximum absolute atomic E-state index is 12.5. The van der Waals surface area contributed by atoms with Gasteiger partial charge in [-0.15, -0.1) is 0 Å². The van der Waals surface area contributed by atoms with Crippen LogP contribution in [0.4, 0.5) is 4.79 Å². The highest BCUT2D eigenvalue weighted by atomic mass is 32.2. The van der Waals surface area contributed by atoms with Crippen LogP contribution in [-0.4, -0.2) is 56.1 Å². The number of hydrogen-bond donors (Lipinski definition) is 1. The van der Waals surface area contributed by atoms with Gasteiger partial charge in [0.05, 0.1) is 6.26 Å². The standard InChI is InChI=1S/C21H27N3O3S/c1-17-5-3-6-20(15-17)19-9-7-18(8-10-19)16-22-21(25)23-11-4-12-24(14-13-23)28(2,26)27/h3,5-10,15H,4,11-14,16H2,1-2H3,(H,22,25).